The standard InChI is InChI=1S/C11H14ClF2NO4S/c1-11(2,3)19-15-20(16,17)7-4-5-9(8(12)6-7)18-10(13)14/h4-6,10,15H,1-3H3. The van der Waals surface area contributed by atoms with Gasteiger partial charge in [-0.25, -0.2) is 8.42 Å². The molecule has 0 heterocycles. The van der Waals surface area contributed by atoms with Gasteiger partial charge in [0, 0.05) is 0 Å². The monoisotopic (exact) mass is 329 g/mol. The van der Waals surface area contributed by atoms with Gasteiger partial charge in [-0.2, -0.15) is 8.78 Å². The lowest BCUT2D eigenvalue weighted by molar-refractivity contribution is -0.0498. The van der Waals surface area contributed by atoms with Crippen LogP contribution in [-0.4, -0.2) is 20.6 Å². The molecule has 0 saturated carbocycles. The van der Waals surface area contributed by atoms with E-state index in [1.165, 1.54) is 0 Å². The Hall–Kier alpha value is -0.960. The van der Waals surface area contributed by atoms with E-state index in [1.54, 1.807) is 20.8 Å². The van der Waals surface area contributed by atoms with Crippen molar-refractivity contribution in [3.63, 3.8) is 0 Å². The van der Waals surface area contributed by atoms with Gasteiger partial charge < -0.3 is 4.74 Å². The Labute approximate surface area is 120 Å². The summed E-state index contributed by atoms with van der Waals surface area (Å²) in [5.74, 6) is -0.308. The maximum Gasteiger partial charge on any atom is 0.387 e. The van der Waals surface area contributed by atoms with Crippen molar-refractivity contribution in [1.29, 1.82) is 0 Å². The molecular formula is C11H14ClF2NO4S. The summed E-state index contributed by atoms with van der Waals surface area (Å²) in [6, 6.07) is 3.12. The molecule has 0 aliphatic carbocycles. The van der Waals surface area contributed by atoms with E-state index in [-0.39, 0.29) is 15.7 Å². The van der Waals surface area contributed by atoms with Gasteiger partial charge in [0.05, 0.1) is 15.5 Å². The predicted molar refractivity (Wildman–Crippen MR) is 69.2 cm³/mol. The number of halogens is 3. The number of hydrogen-bond acceptors (Lipinski definition) is 4. The van der Waals surface area contributed by atoms with E-state index in [1.807, 2.05) is 4.89 Å². The Morgan fingerprint density at radius 1 is 1.30 bits per heavy atom. The van der Waals surface area contributed by atoms with Crippen LogP contribution in [0.15, 0.2) is 23.1 Å². The second-order valence-corrected chi connectivity index (χ2v) is 6.82. The van der Waals surface area contributed by atoms with Crippen LogP contribution in [0.3, 0.4) is 0 Å². The van der Waals surface area contributed by atoms with Crippen LogP contribution in [0.5, 0.6) is 5.75 Å². The number of ether oxygens (including phenoxy) is 1. The lowest BCUT2D eigenvalue weighted by atomic mass is 10.2. The summed E-state index contributed by atoms with van der Waals surface area (Å²) in [4.78, 5) is 6.65. The Morgan fingerprint density at radius 3 is 2.35 bits per heavy atom. The molecule has 0 atom stereocenters. The molecule has 0 radical (unpaired) electrons. The number of alkyl halides is 2. The minimum absolute atomic E-state index is 0.228. The summed E-state index contributed by atoms with van der Waals surface area (Å²) in [6.07, 6.45) is 0. The Kier molecular flexibility index (Phi) is 5.31. The van der Waals surface area contributed by atoms with Crippen molar-refractivity contribution in [1.82, 2.24) is 4.89 Å². The summed E-state index contributed by atoms with van der Waals surface area (Å²) in [7, 11) is -3.96. The van der Waals surface area contributed by atoms with E-state index in [2.05, 4.69) is 4.74 Å². The van der Waals surface area contributed by atoms with E-state index in [4.69, 9.17) is 16.4 Å². The van der Waals surface area contributed by atoms with Crippen LogP contribution in [0.4, 0.5) is 8.78 Å². The van der Waals surface area contributed by atoms with Gasteiger partial charge in [-0.3, -0.25) is 4.84 Å². The zero-order valence-electron chi connectivity index (χ0n) is 11.0. The van der Waals surface area contributed by atoms with E-state index < -0.39 is 22.2 Å². The minimum Gasteiger partial charge on any atom is -0.433 e. The lowest BCUT2D eigenvalue weighted by Crippen LogP contribution is -2.33. The molecule has 1 rings (SSSR count). The molecule has 0 aliphatic rings. The van der Waals surface area contributed by atoms with Crippen LogP contribution in [0, 0.1) is 0 Å². The quantitative estimate of drug-likeness (QED) is 0.844. The number of benzene rings is 1. The lowest BCUT2D eigenvalue weighted by Gasteiger charge is -2.19. The average molecular weight is 330 g/mol. The highest BCUT2D eigenvalue weighted by Crippen LogP contribution is 2.28. The van der Waals surface area contributed by atoms with Crippen molar-refractivity contribution in [2.24, 2.45) is 0 Å². The largest absolute Gasteiger partial charge is 0.433 e. The SMILES string of the molecule is CC(C)(C)ONS(=O)(=O)c1ccc(OC(F)F)c(Cl)c1. The molecule has 5 nitrogen and oxygen atoms in total. The highest BCUT2D eigenvalue weighted by Gasteiger charge is 2.21. The van der Waals surface area contributed by atoms with Crippen molar-refractivity contribution in [2.75, 3.05) is 0 Å². The molecule has 20 heavy (non-hydrogen) atoms. The maximum absolute atomic E-state index is 12.1. The summed E-state index contributed by atoms with van der Waals surface area (Å²) < 4.78 is 52.0. The first-order valence-electron chi connectivity index (χ1n) is 5.45. The van der Waals surface area contributed by atoms with E-state index in [0.29, 0.717) is 0 Å². The zero-order valence-corrected chi connectivity index (χ0v) is 12.6. The summed E-state index contributed by atoms with van der Waals surface area (Å²) in [6.45, 7) is 1.92. The summed E-state index contributed by atoms with van der Waals surface area (Å²) in [5, 5.41) is -0.246. The molecule has 0 spiro atoms. The van der Waals surface area contributed by atoms with Gasteiger partial charge in [0.1, 0.15) is 5.75 Å². The molecule has 1 N–H and O–H groups in total. The van der Waals surface area contributed by atoms with E-state index in [0.717, 1.165) is 18.2 Å². The van der Waals surface area contributed by atoms with Crippen molar-refractivity contribution >= 4 is 21.6 Å². The smallest absolute Gasteiger partial charge is 0.387 e. The van der Waals surface area contributed by atoms with E-state index in [9.17, 15) is 17.2 Å². The molecule has 0 saturated heterocycles. The van der Waals surface area contributed by atoms with E-state index >= 15 is 0 Å². The average Bonchev–Trinajstić information content (AvgIpc) is 2.28. The first kappa shape index (κ1) is 17.1. The molecular weight excluding hydrogens is 316 g/mol. The van der Waals surface area contributed by atoms with Gasteiger partial charge in [0.15, 0.2) is 0 Å². The normalized spacial score (nSPS) is 12.8. The van der Waals surface area contributed by atoms with Crippen LogP contribution >= 0.6 is 11.6 Å². The van der Waals surface area contributed by atoms with Crippen LogP contribution in [0.1, 0.15) is 20.8 Å². The zero-order chi connectivity index (χ0) is 15.6. The van der Waals surface area contributed by atoms with Crippen LogP contribution in [-0.2, 0) is 14.9 Å². The fourth-order valence-corrected chi connectivity index (χ4v) is 2.33. The molecule has 0 amide bonds. The van der Waals surface area contributed by atoms with Crippen molar-refractivity contribution < 1.29 is 26.8 Å². The molecule has 9 heteroatoms. The molecule has 1 aromatic rings. The Balaban J connectivity index is 2.94. The molecule has 0 aliphatic heterocycles. The highest BCUT2D eigenvalue weighted by atomic mass is 35.5. The third-order valence-electron chi connectivity index (χ3n) is 1.89. The fraction of sp³-hybridized carbons (Fsp3) is 0.455. The third kappa shape index (κ3) is 5.20. The second-order valence-electron chi connectivity index (χ2n) is 4.77. The third-order valence-corrected chi connectivity index (χ3v) is 3.36. The van der Waals surface area contributed by atoms with Gasteiger partial charge >= 0.3 is 6.61 Å². The van der Waals surface area contributed by atoms with Gasteiger partial charge in [-0.1, -0.05) is 16.5 Å². The molecule has 0 aromatic heterocycles. The van der Waals surface area contributed by atoms with Crippen molar-refractivity contribution in [2.45, 2.75) is 37.9 Å². The highest BCUT2D eigenvalue weighted by molar-refractivity contribution is 7.89. The first-order valence-corrected chi connectivity index (χ1v) is 7.31. The second kappa shape index (κ2) is 6.21. The summed E-state index contributed by atoms with van der Waals surface area (Å²) in [5.41, 5.74) is -0.727. The number of rotatable bonds is 5. The fourth-order valence-electron chi connectivity index (χ4n) is 1.07. The van der Waals surface area contributed by atoms with Crippen LogP contribution in [0.25, 0.3) is 0 Å². The van der Waals surface area contributed by atoms with Gasteiger partial charge in [-0.05, 0) is 39.0 Å². The molecule has 0 unspecified atom stereocenters. The van der Waals surface area contributed by atoms with Gasteiger partial charge in [0.25, 0.3) is 10.0 Å². The van der Waals surface area contributed by atoms with Gasteiger partial charge in [-0.15, -0.1) is 0 Å². The maximum atomic E-state index is 12.1. The van der Waals surface area contributed by atoms with Gasteiger partial charge in [0.2, 0.25) is 0 Å². The van der Waals surface area contributed by atoms with Crippen molar-refractivity contribution in [3.8, 4) is 5.75 Å². The topological polar surface area (TPSA) is 64.6 Å². The van der Waals surface area contributed by atoms with Crippen LogP contribution in [0.2, 0.25) is 5.02 Å². The van der Waals surface area contributed by atoms with Crippen LogP contribution < -0.4 is 9.62 Å². The Morgan fingerprint density at radius 2 is 1.90 bits per heavy atom. The number of nitrogens with one attached hydrogen (secondary N) is 1. The Bertz CT molecular complexity index is 572. The van der Waals surface area contributed by atoms with Crippen molar-refractivity contribution in [3.05, 3.63) is 23.2 Å². The summed E-state index contributed by atoms with van der Waals surface area (Å²) >= 11 is 5.68. The molecule has 1 aromatic carbocycles. The minimum atomic E-state index is -3.96. The predicted octanol–water partition coefficient (Wildman–Crippen LogP) is 2.95. The molecule has 0 bridgehead atoms. The number of hydrogen-bond donors (Lipinski definition) is 1. The first-order chi connectivity index (χ1) is 9.01. The molecule has 114 valence electrons. The number of sulfonamides is 1. The molecule has 0 fully saturated rings.